The fourth-order valence-corrected chi connectivity index (χ4v) is 1.64. The Labute approximate surface area is 126 Å². The van der Waals surface area contributed by atoms with Gasteiger partial charge in [0.1, 0.15) is 6.04 Å². The summed E-state index contributed by atoms with van der Waals surface area (Å²) in [5, 5.41) is 11.9. The number of nitrogens with one attached hydrogen (secondary N) is 1. The van der Waals surface area contributed by atoms with Crippen molar-refractivity contribution in [2.45, 2.75) is 18.6 Å². The molecule has 23 heavy (non-hydrogen) atoms. The molecular weight excluding hydrogens is 328 g/mol. The number of nitro groups is 1. The maximum atomic E-state index is 13.5. The molecule has 1 unspecified atom stereocenters. The van der Waals surface area contributed by atoms with Crippen molar-refractivity contribution in [1.82, 2.24) is 5.32 Å². The lowest BCUT2D eigenvalue weighted by molar-refractivity contribution is -0.387. The molecule has 0 aromatic heterocycles. The number of methoxy groups -OCH3 is 1. The van der Waals surface area contributed by atoms with Gasteiger partial charge in [-0.2, -0.15) is 17.6 Å². The van der Waals surface area contributed by atoms with Crippen LogP contribution in [0.1, 0.15) is 5.56 Å². The molecule has 1 aromatic carbocycles. The van der Waals surface area contributed by atoms with Crippen molar-refractivity contribution in [3.63, 3.8) is 0 Å². The second-order valence-corrected chi connectivity index (χ2v) is 4.29. The summed E-state index contributed by atoms with van der Waals surface area (Å²) < 4.78 is 54.4. The van der Waals surface area contributed by atoms with Gasteiger partial charge in [0, 0.05) is 12.5 Å². The van der Waals surface area contributed by atoms with Crippen LogP contribution < -0.4 is 5.32 Å². The average molecular weight is 338 g/mol. The summed E-state index contributed by atoms with van der Waals surface area (Å²) in [4.78, 5) is 31.8. The number of nitro benzene ring substituents is 1. The van der Waals surface area contributed by atoms with E-state index in [1.165, 1.54) is 5.32 Å². The minimum atomic E-state index is -5.22. The van der Waals surface area contributed by atoms with Gasteiger partial charge in [-0.3, -0.25) is 14.9 Å². The quantitative estimate of drug-likeness (QED) is 0.380. The summed E-state index contributed by atoms with van der Waals surface area (Å²) in [7, 11) is 0.894. The standard InChI is InChI=1S/C12H10F4N2O5/c1-23-10(19)8(17-11(20)12(14,15)16)5-6-2-3-9(18(21)22)7(13)4-6/h2-4,8H,5H2,1H3,(H,17,20). The fraction of sp³-hybridized carbons (Fsp3) is 0.333. The molecule has 7 nitrogen and oxygen atoms in total. The molecule has 0 bridgehead atoms. The third-order valence-electron chi connectivity index (χ3n) is 2.70. The first-order valence-electron chi connectivity index (χ1n) is 5.94. The maximum Gasteiger partial charge on any atom is 0.471 e. The van der Waals surface area contributed by atoms with Gasteiger partial charge in [0.2, 0.25) is 5.82 Å². The van der Waals surface area contributed by atoms with Gasteiger partial charge in [-0.05, 0) is 11.6 Å². The van der Waals surface area contributed by atoms with Crippen molar-refractivity contribution in [2.75, 3.05) is 7.11 Å². The molecule has 0 aliphatic heterocycles. The summed E-state index contributed by atoms with van der Waals surface area (Å²) in [6, 6.07) is 0.810. The van der Waals surface area contributed by atoms with Crippen LogP contribution in [0.25, 0.3) is 0 Å². The summed E-state index contributed by atoms with van der Waals surface area (Å²) in [5.41, 5.74) is -0.867. The predicted octanol–water partition coefficient (Wildman–Crippen LogP) is 1.50. The van der Waals surface area contributed by atoms with Crippen LogP contribution in [0, 0.1) is 15.9 Å². The van der Waals surface area contributed by atoms with E-state index in [4.69, 9.17) is 0 Å². The first-order valence-corrected chi connectivity index (χ1v) is 5.94. The van der Waals surface area contributed by atoms with Crippen molar-refractivity contribution in [3.05, 3.63) is 39.7 Å². The molecular formula is C12H10F4N2O5. The molecule has 0 heterocycles. The van der Waals surface area contributed by atoms with Crippen LogP contribution >= 0.6 is 0 Å². The molecule has 0 aliphatic rings. The van der Waals surface area contributed by atoms with Crippen molar-refractivity contribution < 1.29 is 36.8 Å². The monoisotopic (exact) mass is 338 g/mol. The van der Waals surface area contributed by atoms with E-state index in [2.05, 4.69) is 4.74 Å². The van der Waals surface area contributed by atoms with E-state index in [9.17, 15) is 37.3 Å². The smallest absolute Gasteiger partial charge is 0.467 e. The zero-order valence-electron chi connectivity index (χ0n) is 11.5. The van der Waals surface area contributed by atoms with Gasteiger partial charge in [-0.25, -0.2) is 4.79 Å². The first-order chi connectivity index (χ1) is 10.6. The number of carbonyl (C=O) groups excluding carboxylic acids is 2. The lowest BCUT2D eigenvalue weighted by Gasteiger charge is -2.17. The highest BCUT2D eigenvalue weighted by atomic mass is 19.4. The number of rotatable bonds is 5. The SMILES string of the molecule is COC(=O)C(Cc1ccc([N+](=O)[O-])c(F)c1)NC(=O)C(F)(F)F. The number of alkyl halides is 3. The fourth-order valence-electron chi connectivity index (χ4n) is 1.64. The number of carbonyl (C=O) groups is 2. The summed E-state index contributed by atoms with van der Waals surface area (Å²) >= 11 is 0. The molecule has 11 heteroatoms. The Kier molecular flexibility index (Phi) is 5.60. The number of nitrogens with zero attached hydrogens (tertiary/aromatic N) is 1. The molecule has 1 atom stereocenters. The molecule has 126 valence electrons. The molecule has 0 saturated heterocycles. The van der Waals surface area contributed by atoms with Crippen LogP contribution in [0.3, 0.4) is 0 Å². The highest BCUT2D eigenvalue weighted by molar-refractivity contribution is 5.87. The van der Waals surface area contributed by atoms with Crippen molar-refractivity contribution in [1.29, 1.82) is 0 Å². The molecule has 0 saturated carbocycles. The van der Waals surface area contributed by atoms with E-state index < -0.39 is 46.9 Å². The van der Waals surface area contributed by atoms with E-state index in [1.54, 1.807) is 0 Å². The number of hydrogen-bond acceptors (Lipinski definition) is 5. The Morgan fingerprint density at radius 3 is 2.43 bits per heavy atom. The summed E-state index contributed by atoms with van der Waals surface area (Å²) in [6.07, 6.45) is -5.75. The number of halogens is 4. The molecule has 0 fully saturated rings. The minimum absolute atomic E-state index is 0.0361. The first kappa shape index (κ1) is 18.3. The molecule has 1 amide bonds. The third kappa shape index (κ3) is 4.90. The van der Waals surface area contributed by atoms with Crippen molar-refractivity contribution in [2.24, 2.45) is 0 Å². The lowest BCUT2D eigenvalue weighted by Crippen LogP contribution is -2.48. The van der Waals surface area contributed by atoms with E-state index >= 15 is 0 Å². The zero-order valence-corrected chi connectivity index (χ0v) is 11.5. The van der Waals surface area contributed by atoms with Crippen LogP contribution in [-0.4, -0.2) is 36.1 Å². The van der Waals surface area contributed by atoms with Gasteiger partial charge in [-0.1, -0.05) is 6.07 Å². The van der Waals surface area contributed by atoms with Gasteiger partial charge in [0.15, 0.2) is 0 Å². The van der Waals surface area contributed by atoms with E-state index in [0.29, 0.717) is 6.07 Å². The molecule has 1 N–H and O–H groups in total. The van der Waals surface area contributed by atoms with Gasteiger partial charge in [-0.15, -0.1) is 0 Å². The van der Waals surface area contributed by atoms with Crippen LogP contribution in [0.5, 0.6) is 0 Å². The molecule has 1 rings (SSSR count). The Hall–Kier alpha value is -2.72. The molecule has 0 radical (unpaired) electrons. The Balaban J connectivity index is 2.98. The number of amides is 1. The summed E-state index contributed by atoms with van der Waals surface area (Å²) in [5.74, 6) is -4.77. The number of ether oxygens (including phenoxy) is 1. The van der Waals surface area contributed by atoms with E-state index in [1.807, 2.05) is 0 Å². The number of esters is 1. The topological polar surface area (TPSA) is 98.5 Å². The predicted molar refractivity (Wildman–Crippen MR) is 66.8 cm³/mol. The number of benzene rings is 1. The van der Waals surface area contributed by atoms with Gasteiger partial charge in [0.05, 0.1) is 12.0 Å². The van der Waals surface area contributed by atoms with Crippen LogP contribution in [0.4, 0.5) is 23.2 Å². The molecule has 0 spiro atoms. The van der Waals surface area contributed by atoms with Gasteiger partial charge < -0.3 is 10.1 Å². The van der Waals surface area contributed by atoms with Crippen molar-refractivity contribution >= 4 is 17.6 Å². The highest BCUT2D eigenvalue weighted by Crippen LogP contribution is 2.20. The summed E-state index contributed by atoms with van der Waals surface area (Å²) in [6.45, 7) is 0. The van der Waals surface area contributed by atoms with Crippen LogP contribution in [0.2, 0.25) is 0 Å². The normalized spacial score (nSPS) is 12.4. The maximum absolute atomic E-state index is 13.5. The van der Waals surface area contributed by atoms with Crippen molar-refractivity contribution in [3.8, 4) is 0 Å². The van der Waals surface area contributed by atoms with Crippen LogP contribution in [-0.2, 0) is 20.7 Å². The minimum Gasteiger partial charge on any atom is -0.467 e. The largest absolute Gasteiger partial charge is 0.471 e. The van der Waals surface area contributed by atoms with E-state index in [-0.39, 0.29) is 5.56 Å². The second kappa shape index (κ2) is 7.03. The van der Waals surface area contributed by atoms with Gasteiger partial charge >= 0.3 is 23.7 Å². The Bertz CT molecular complexity index is 632. The Morgan fingerprint density at radius 2 is 2.00 bits per heavy atom. The average Bonchev–Trinajstić information content (AvgIpc) is 2.44. The number of hydrogen-bond donors (Lipinski definition) is 1. The second-order valence-electron chi connectivity index (χ2n) is 4.29. The lowest BCUT2D eigenvalue weighted by atomic mass is 10.1. The zero-order chi connectivity index (χ0) is 17.8. The molecule has 0 aliphatic carbocycles. The third-order valence-corrected chi connectivity index (χ3v) is 2.70. The molecule has 1 aromatic rings. The Morgan fingerprint density at radius 1 is 1.39 bits per heavy atom. The van der Waals surface area contributed by atoms with Gasteiger partial charge in [0.25, 0.3) is 0 Å². The highest BCUT2D eigenvalue weighted by Gasteiger charge is 2.41. The van der Waals surface area contributed by atoms with Crippen LogP contribution in [0.15, 0.2) is 18.2 Å². The van der Waals surface area contributed by atoms with E-state index in [0.717, 1.165) is 19.2 Å².